The van der Waals surface area contributed by atoms with Crippen LogP contribution in [-0.2, 0) is 24.3 Å². The maximum atomic E-state index is 13.0. The van der Waals surface area contributed by atoms with E-state index < -0.39 is 16.1 Å². The quantitative estimate of drug-likeness (QED) is 0.639. The first kappa shape index (κ1) is 22.3. The lowest BCUT2D eigenvalue weighted by atomic mass is 10.1. The molecule has 1 amide bonds. The minimum absolute atomic E-state index is 0.0528. The zero-order chi connectivity index (χ0) is 21.8. The molecule has 3 aliphatic rings. The van der Waals surface area contributed by atoms with Gasteiger partial charge in [0.15, 0.2) is 11.5 Å². The smallest absolute Gasteiger partial charge is 0.251 e. The first-order chi connectivity index (χ1) is 14.9. The van der Waals surface area contributed by atoms with Crippen molar-refractivity contribution in [2.24, 2.45) is 0 Å². The first-order valence-electron chi connectivity index (χ1n) is 10.9. The predicted molar refractivity (Wildman–Crippen MR) is 112 cm³/mol. The molecule has 2 saturated heterocycles. The summed E-state index contributed by atoms with van der Waals surface area (Å²) in [6.07, 6.45) is 2.63. The minimum atomic E-state index is -3.68. The number of carbonyl (C=O) groups excluding carboxylic acids is 1. The second kappa shape index (κ2) is 9.72. The Morgan fingerprint density at radius 1 is 1.10 bits per heavy atom. The average Bonchev–Trinajstić information content (AvgIpc) is 2.82. The summed E-state index contributed by atoms with van der Waals surface area (Å²) in [5.41, 5.74) is 0. The molecule has 3 heterocycles. The Hall–Kier alpha value is -1.88. The standard InChI is InChI=1S/C21H30N2O7S/c1-16(30-15-17-4-2-3-11-27-17)21(24)22-7-9-23(10-8-22)31(25,26)18-5-6-19-20(14-18)29-13-12-28-19/h5-6,14,16-17H,2-4,7-13,15H2,1H3. The number of ether oxygens (including phenoxy) is 4. The van der Waals surface area contributed by atoms with Crippen LogP contribution in [0.3, 0.4) is 0 Å². The Labute approximate surface area is 183 Å². The molecule has 2 fully saturated rings. The summed E-state index contributed by atoms with van der Waals surface area (Å²) in [6, 6.07) is 4.66. The monoisotopic (exact) mass is 454 g/mol. The van der Waals surface area contributed by atoms with Crippen molar-refractivity contribution in [1.82, 2.24) is 9.21 Å². The molecule has 2 atom stereocenters. The molecule has 4 rings (SSSR count). The molecule has 0 bridgehead atoms. The van der Waals surface area contributed by atoms with E-state index in [0.29, 0.717) is 44.4 Å². The van der Waals surface area contributed by atoms with E-state index >= 15 is 0 Å². The van der Waals surface area contributed by atoms with Crippen molar-refractivity contribution in [2.45, 2.75) is 43.3 Å². The molecule has 0 spiro atoms. The lowest BCUT2D eigenvalue weighted by Crippen LogP contribution is -2.52. The van der Waals surface area contributed by atoms with E-state index in [4.69, 9.17) is 18.9 Å². The lowest BCUT2D eigenvalue weighted by molar-refractivity contribution is -0.147. The molecular formula is C21H30N2O7S. The normalized spacial score (nSPS) is 23.4. The summed E-state index contributed by atoms with van der Waals surface area (Å²) >= 11 is 0. The number of hydrogen-bond donors (Lipinski definition) is 0. The van der Waals surface area contributed by atoms with Crippen LogP contribution < -0.4 is 9.47 Å². The SMILES string of the molecule is CC(OCC1CCCCO1)C(=O)N1CCN(S(=O)(=O)c2ccc3c(c2)OCCO3)CC1. The zero-order valence-electron chi connectivity index (χ0n) is 17.8. The summed E-state index contributed by atoms with van der Waals surface area (Å²) in [6.45, 7) is 4.87. The molecule has 1 aromatic rings. The molecule has 2 unspecified atom stereocenters. The third kappa shape index (κ3) is 5.14. The van der Waals surface area contributed by atoms with Crippen LogP contribution in [0, 0.1) is 0 Å². The highest BCUT2D eigenvalue weighted by molar-refractivity contribution is 7.89. The predicted octanol–water partition coefficient (Wildman–Crippen LogP) is 1.26. The number of piperazine rings is 1. The van der Waals surface area contributed by atoms with Crippen molar-refractivity contribution in [1.29, 1.82) is 0 Å². The van der Waals surface area contributed by atoms with E-state index in [9.17, 15) is 13.2 Å². The van der Waals surface area contributed by atoms with Gasteiger partial charge in [0.05, 0.1) is 17.6 Å². The van der Waals surface area contributed by atoms with Crippen molar-refractivity contribution in [3.8, 4) is 11.5 Å². The molecule has 0 aliphatic carbocycles. The fourth-order valence-corrected chi connectivity index (χ4v) is 5.44. The van der Waals surface area contributed by atoms with Crippen LogP contribution in [-0.4, -0.2) is 88.3 Å². The maximum absolute atomic E-state index is 13.0. The Balaban J connectivity index is 1.30. The van der Waals surface area contributed by atoms with Crippen LogP contribution in [0.15, 0.2) is 23.1 Å². The average molecular weight is 455 g/mol. The van der Waals surface area contributed by atoms with Crippen molar-refractivity contribution in [2.75, 3.05) is 52.6 Å². The van der Waals surface area contributed by atoms with Gasteiger partial charge in [-0.25, -0.2) is 8.42 Å². The van der Waals surface area contributed by atoms with Gasteiger partial charge in [-0.3, -0.25) is 4.79 Å². The molecule has 3 aliphatic heterocycles. The highest BCUT2D eigenvalue weighted by Crippen LogP contribution is 2.33. The third-order valence-corrected chi connectivity index (χ3v) is 7.75. The van der Waals surface area contributed by atoms with Crippen molar-refractivity contribution in [3.63, 3.8) is 0 Å². The molecule has 31 heavy (non-hydrogen) atoms. The highest BCUT2D eigenvalue weighted by Gasteiger charge is 2.32. The fourth-order valence-electron chi connectivity index (χ4n) is 4.00. The number of benzene rings is 1. The summed E-state index contributed by atoms with van der Waals surface area (Å²) in [7, 11) is -3.68. The Bertz CT molecular complexity index is 878. The van der Waals surface area contributed by atoms with E-state index in [1.54, 1.807) is 17.9 Å². The largest absolute Gasteiger partial charge is 0.486 e. The molecule has 172 valence electrons. The number of amides is 1. The van der Waals surface area contributed by atoms with Crippen molar-refractivity contribution < 1.29 is 32.2 Å². The number of rotatable bonds is 6. The van der Waals surface area contributed by atoms with E-state index in [-0.39, 0.29) is 30.0 Å². The molecular weight excluding hydrogens is 424 g/mol. The molecule has 9 nitrogen and oxygen atoms in total. The van der Waals surface area contributed by atoms with Gasteiger partial charge < -0.3 is 23.8 Å². The Kier molecular flexibility index (Phi) is 7.00. The van der Waals surface area contributed by atoms with E-state index in [1.165, 1.54) is 16.4 Å². The summed E-state index contributed by atoms with van der Waals surface area (Å²) in [5, 5.41) is 0. The van der Waals surface area contributed by atoms with Gasteiger partial charge in [0, 0.05) is 38.9 Å². The van der Waals surface area contributed by atoms with Gasteiger partial charge in [-0.1, -0.05) is 0 Å². The Morgan fingerprint density at radius 2 is 1.84 bits per heavy atom. The second-order valence-electron chi connectivity index (χ2n) is 8.00. The molecule has 10 heteroatoms. The van der Waals surface area contributed by atoms with Gasteiger partial charge in [0.1, 0.15) is 19.3 Å². The summed E-state index contributed by atoms with van der Waals surface area (Å²) in [5.74, 6) is 0.870. The van der Waals surface area contributed by atoms with Crippen LogP contribution in [0.25, 0.3) is 0 Å². The summed E-state index contributed by atoms with van der Waals surface area (Å²) in [4.78, 5) is 14.6. The van der Waals surface area contributed by atoms with Crippen LogP contribution in [0.4, 0.5) is 0 Å². The number of carbonyl (C=O) groups is 1. The molecule has 0 N–H and O–H groups in total. The van der Waals surface area contributed by atoms with Gasteiger partial charge >= 0.3 is 0 Å². The fraction of sp³-hybridized carbons (Fsp3) is 0.667. The topological polar surface area (TPSA) is 94.6 Å². The van der Waals surface area contributed by atoms with Crippen LogP contribution in [0.2, 0.25) is 0 Å². The van der Waals surface area contributed by atoms with Crippen LogP contribution in [0.5, 0.6) is 11.5 Å². The highest BCUT2D eigenvalue weighted by atomic mass is 32.2. The van der Waals surface area contributed by atoms with Gasteiger partial charge in [0.25, 0.3) is 5.91 Å². The number of nitrogens with zero attached hydrogens (tertiary/aromatic N) is 2. The lowest BCUT2D eigenvalue weighted by Gasteiger charge is -2.35. The number of sulfonamides is 1. The molecule has 0 aromatic heterocycles. The van der Waals surface area contributed by atoms with Crippen molar-refractivity contribution >= 4 is 15.9 Å². The number of fused-ring (bicyclic) bond motifs is 1. The van der Waals surface area contributed by atoms with E-state index in [1.807, 2.05) is 0 Å². The van der Waals surface area contributed by atoms with E-state index in [2.05, 4.69) is 0 Å². The second-order valence-corrected chi connectivity index (χ2v) is 9.94. The van der Waals surface area contributed by atoms with Gasteiger partial charge in [-0.2, -0.15) is 4.31 Å². The van der Waals surface area contributed by atoms with Gasteiger partial charge in [0.2, 0.25) is 10.0 Å². The molecule has 1 aromatic carbocycles. The summed E-state index contributed by atoms with van der Waals surface area (Å²) < 4.78 is 49.8. The van der Waals surface area contributed by atoms with Gasteiger partial charge in [-0.15, -0.1) is 0 Å². The molecule has 0 saturated carbocycles. The number of hydrogen-bond acceptors (Lipinski definition) is 7. The Morgan fingerprint density at radius 3 is 2.55 bits per heavy atom. The van der Waals surface area contributed by atoms with Crippen LogP contribution >= 0.6 is 0 Å². The van der Waals surface area contributed by atoms with E-state index in [0.717, 1.165) is 25.9 Å². The van der Waals surface area contributed by atoms with Crippen LogP contribution in [0.1, 0.15) is 26.2 Å². The molecule has 0 radical (unpaired) electrons. The first-order valence-corrected chi connectivity index (χ1v) is 12.3. The minimum Gasteiger partial charge on any atom is -0.486 e. The zero-order valence-corrected chi connectivity index (χ0v) is 18.6. The maximum Gasteiger partial charge on any atom is 0.251 e. The van der Waals surface area contributed by atoms with Crippen molar-refractivity contribution in [3.05, 3.63) is 18.2 Å². The van der Waals surface area contributed by atoms with Gasteiger partial charge in [-0.05, 0) is 38.3 Å². The third-order valence-electron chi connectivity index (χ3n) is 5.86.